The number of oxazole rings is 1. The van der Waals surface area contributed by atoms with Gasteiger partial charge in [-0.2, -0.15) is 5.10 Å². The molecular formula is C21H22N4O3. The van der Waals surface area contributed by atoms with Crippen LogP contribution in [0, 0.1) is 0 Å². The van der Waals surface area contributed by atoms with Gasteiger partial charge in [0.25, 0.3) is 5.91 Å². The van der Waals surface area contributed by atoms with Crippen LogP contribution in [0.2, 0.25) is 0 Å². The highest BCUT2D eigenvalue weighted by molar-refractivity contribution is 5.92. The Morgan fingerprint density at radius 1 is 1.29 bits per heavy atom. The molecule has 1 aliphatic rings. The molecule has 1 aromatic carbocycles. The number of aromatic nitrogens is 3. The van der Waals surface area contributed by atoms with E-state index in [1.165, 1.54) is 0 Å². The molecule has 1 saturated heterocycles. The quantitative estimate of drug-likeness (QED) is 0.677. The summed E-state index contributed by atoms with van der Waals surface area (Å²) in [5.41, 5.74) is 1.43. The van der Waals surface area contributed by atoms with E-state index >= 15 is 0 Å². The van der Waals surface area contributed by atoms with Crippen LogP contribution in [0.4, 0.5) is 0 Å². The number of likely N-dealkylation sites (tertiary alicyclic amines) is 1. The highest BCUT2D eigenvalue weighted by Crippen LogP contribution is 2.32. The minimum absolute atomic E-state index is 0.134. The predicted octanol–water partition coefficient (Wildman–Crippen LogP) is 3.43. The molecule has 0 N–H and O–H groups in total. The number of rotatable bonds is 5. The van der Waals surface area contributed by atoms with Gasteiger partial charge in [-0.15, -0.1) is 5.10 Å². The molecule has 1 aliphatic heterocycles. The fraction of sp³-hybridized carbons (Fsp3) is 0.333. The first-order valence-corrected chi connectivity index (χ1v) is 9.41. The molecule has 7 nitrogen and oxygen atoms in total. The summed E-state index contributed by atoms with van der Waals surface area (Å²) in [6, 6.07) is 11.1. The van der Waals surface area contributed by atoms with Crippen LogP contribution in [-0.2, 0) is 6.42 Å². The second-order valence-corrected chi connectivity index (χ2v) is 6.81. The molecule has 1 amide bonds. The maximum absolute atomic E-state index is 12.9. The Kier molecular flexibility index (Phi) is 5.32. The fourth-order valence-corrected chi connectivity index (χ4v) is 3.54. The van der Waals surface area contributed by atoms with E-state index in [0.717, 1.165) is 36.3 Å². The molecule has 144 valence electrons. The third kappa shape index (κ3) is 3.88. The van der Waals surface area contributed by atoms with E-state index < -0.39 is 0 Å². The molecule has 1 fully saturated rings. The number of benzene rings is 1. The van der Waals surface area contributed by atoms with Crippen LogP contribution in [0.1, 0.15) is 53.0 Å². The Balaban J connectivity index is 1.53. The number of hydrogen-bond donors (Lipinski definition) is 0. The van der Waals surface area contributed by atoms with Crippen molar-refractivity contribution in [2.45, 2.75) is 31.7 Å². The molecule has 28 heavy (non-hydrogen) atoms. The van der Waals surface area contributed by atoms with E-state index in [0.29, 0.717) is 24.6 Å². The molecule has 0 radical (unpaired) electrons. The first kappa shape index (κ1) is 18.2. The van der Waals surface area contributed by atoms with Crippen LogP contribution in [0.25, 0.3) is 0 Å². The van der Waals surface area contributed by atoms with E-state index in [2.05, 4.69) is 15.2 Å². The molecule has 0 unspecified atom stereocenters. The summed E-state index contributed by atoms with van der Waals surface area (Å²) in [7, 11) is 1.65. The van der Waals surface area contributed by atoms with Gasteiger partial charge in [0.1, 0.15) is 17.6 Å². The van der Waals surface area contributed by atoms with Crippen molar-refractivity contribution in [3.63, 3.8) is 0 Å². The van der Waals surface area contributed by atoms with Crippen LogP contribution in [-0.4, -0.2) is 39.6 Å². The molecule has 0 aliphatic carbocycles. The molecule has 1 atom stereocenters. The normalized spacial score (nSPS) is 16.8. The minimum atomic E-state index is -0.178. The van der Waals surface area contributed by atoms with Gasteiger partial charge in [0.05, 0.1) is 13.3 Å². The lowest BCUT2D eigenvalue weighted by Gasteiger charge is -2.33. The summed E-state index contributed by atoms with van der Waals surface area (Å²) in [4.78, 5) is 19.2. The Morgan fingerprint density at radius 2 is 2.21 bits per heavy atom. The van der Waals surface area contributed by atoms with Gasteiger partial charge in [-0.1, -0.05) is 12.1 Å². The number of hydrogen-bond acceptors (Lipinski definition) is 6. The Hall–Kier alpha value is -3.22. The highest BCUT2D eigenvalue weighted by Gasteiger charge is 2.32. The lowest BCUT2D eigenvalue weighted by atomic mass is 10.0. The summed E-state index contributed by atoms with van der Waals surface area (Å²) >= 11 is 0. The highest BCUT2D eigenvalue weighted by atomic mass is 16.5. The van der Waals surface area contributed by atoms with Gasteiger partial charge < -0.3 is 14.1 Å². The Morgan fingerprint density at radius 3 is 3.04 bits per heavy atom. The second kappa shape index (κ2) is 8.21. The predicted molar refractivity (Wildman–Crippen MR) is 102 cm³/mol. The number of methoxy groups -OCH3 is 1. The van der Waals surface area contributed by atoms with Crippen molar-refractivity contribution in [1.29, 1.82) is 0 Å². The van der Waals surface area contributed by atoms with Crippen LogP contribution < -0.4 is 4.74 Å². The zero-order chi connectivity index (χ0) is 19.3. The molecule has 7 heteroatoms. The maximum atomic E-state index is 12.9. The van der Waals surface area contributed by atoms with Crippen molar-refractivity contribution in [1.82, 2.24) is 20.1 Å². The van der Waals surface area contributed by atoms with E-state index in [4.69, 9.17) is 9.15 Å². The molecule has 2 aromatic heterocycles. The van der Waals surface area contributed by atoms with E-state index in [-0.39, 0.29) is 11.9 Å². The van der Waals surface area contributed by atoms with Crippen molar-refractivity contribution < 1.29 is 13.9 Å². The summed E-state index contributed by atoms with van der Waals surface area (Å²) in [6.07, 6.45) is 6.74. The summed E-state index contributed by atoms with van der Waals surface area (Å²) in [5.74, 6) is 2.02. The van der Waals surface area contributed by atoms with Crippen molar-refractivity contribution in [3.8, 4) is 5.75 Å². The maximum Gasteiger partial charge on any atom is 0.275 e. The molecule has 0 bridgehead atoms. The van der Waals surface area contributed by atoms with Crippen molar-refractivity contribution in [3.05, 3.63) is 71.7 Å². The second-order valence-electron chi connectivity index (χ2n) is 6.81. The van der Waals surface area contributed by atoms with E-state index in [1.807, 2.05) is 24.3 Å². The smallest absolute Gasteiger partial charge is 0.275 e. The summed E-state index contributed by atoms with van der Waals surface area (Å²) < 4.78 is 11.3. The lowest BCUT2D eigenvalue weighted by Crippen LogP contribution is -2.39. The van der Waals surface area contributed by atoms with Gasteiger partial charge >= 0.3 is 0 Å². The zero-order valence-corrected chi connectivity index (χ0v) is 15.7. The van der Waals surface area contributed by atoms with Crippen LogP contribution in [0.3, 0.4) is 0 Å². The van der Waals surface area contributed by atoms with Gasteiger partial charge in [0.2, 0.25) is 5.89 Å². The zero-order valence-electron chi connectivity index (χ0n) is 15.7. The molecule has 3 aromatic rings. The fourth-order valence-electron chi connectivity index (χ4n) is 3.54. The number of piperidine rings is 1. The molecule has 0 spiro atoms. The summed E-state index contributed by atoms with van der Waals surface area (Å²) in [5, 5.41) is 7.77. The average Bonchev–Trinajstić information content (AvgIpc) is 3.22. The van der Waals surface area contributed by atoms with Gasteiger partial charge in [0.15, 0.2) is 5.69 Å². The molecule has 0 saturated carbocycles. The van der Waals surface area contributed by atoms with Crippen LogP contribution in [0.15, 0.2) is 53.2 Å². The first-order chi connectivity index (χ1) is 13.7. The van der Waals surface area contributed by atoms with Crippen molar-refractivity contribution in [2.75, 3.05) is 13.7 Å². The average molecular weight is 378 g/mol. The number of carbonyl (C=O) groups is 1. The van der Waals surface area contributed by atoms with E-state index in [1.54, 1.807) is 36.5 Å². The van der Waals surface area contributed by atoms with Gasteiger partial charge in [-0.25, -0.2) is 4.98 Å². The van der Waals surface area contributed by atoms with E-state index in [9.17, 15) is 4.79 Å². The lowest BCUT2D eigenvalue weighted by molar-refractivity contribution is 0.0562. The molecule has 4 rings (SSSR count). The monoisotopic (exact) mass is 378 g/mol. The summed E-state index contributed by atoms with van der Waals surface area (Å²) in [6.45, 7) is 0.660. The molecular weight excluding hydrogens is 356 g/mol. The number of ether oxygens (including phenoxy) is 1. The van der Waals surface area contributed by atoms with Gasteiger partial charge in [-0.05, 0) is 49.1 Å². The number of nitrogens with zero attached hydrogens (tertiary/aromatic N) is 4. The Labute approximate surface area is 163 Å². The minimum Gasteiger partial charge on any atom is -0.497 e. The topological polar surface area (TPSA) is 81.4 Å². The van der Waals surface area contributed by atoms with Gasteiger partial charge in [0, 0.05) is 19.2 Å². The van der Waals surface area contributed by atoms with Crippen molar-refractivity contribution >= 4 is 5.91 Å². The van der Waals surface area contributed by atoms with Crippen LogP contribution in [0.5, 0.6) is 5.75 Å². The molecule has 3 heterocycles. The standard InChI is InChI=1S/C21H22N4O3/c1-27-16-7-4-6-15(12-16)13-17-14-22-20(28-17)19-9-2-3-11-25(19)21(26)18-8-5-10-23-24-18/h4-8,10,12,14,19H,2-3,9,11,13H2,1H3/t19-/m0/s1. The third-order valence-electron chi connectivity index (χ3n) is 4.92. The van der Waals surface area contributed by atoms with Crippen molar-refractivity contribution in [2.24, 2.45) is 0 Å². The van der Waals surface area contributed by atoms with Gasteiger partial charge in [-0.3, -0.25) is 4.79 Å². The number of amides is 1. The van der Waals surface area contributed by atoms with Crippen LogP contribution >= 0.6 is 0 Å². The SMILES string of the molecule is COc1cccc(Cc2cnc([C@@H]3CCCCN3C(=O)c3cccnn3)o2)c1. The third-order valence-corrected chi connectivity index (χ3v) is 4.92. The Bertz CT molecular complexity index is 942. The largest absolute Gasteiger partial charge is 0.497 e. The first-order valence-electron chi connectivity index (χ1n) is 9.41. The number of carbonyl (C=O) groups excluding carboxylic acids is 1.